The molecule has 0 amide bonds. The molecule has 0 bridgehead atoms. The van der Waals surface area contributed by atoms with Crippen LogP contribution in [0.1, 0.15) is 6.92 Å². The van der Waals surface area contributed by atoms with Crippen molar-refractivity contribution in [1.82, 2.24) is 5.32 Å². The number of rotatable bonds is 5. The van der Waals surface area contributed by atoms with Gasteiger partial charge in [0.05, 0.1) is 18.8 Å². The summed E-state index contributed by atoms with van der Waals surface area (Å²) in [6, 6.07) is -0.354. The Bertz CT molecular complexity index is 278. The summed E-state index contributed by atoms with van der Waals surface area (Å²) < 4.78 is 21.3. The topological polar surface area (TPSA) is 92.7 Å². The van der Waals surface area contributed by atoms with Crippen LogP contribution in [0.5, 0.6) is 0 Å². The van der Waals surface area contributed by atoms with Crippen molar-refractivity contribution < 1.29 is 29.2 Å². The van der Waals surface area contributed by atoms with E-state index < -0.39 is 24.6 Å². The first-order valence-electron chi connectivity index (χ1n) is 6.03. The van der Waals surface area contributed by atoms with Gasteiger partial charge in [-0.1, -0.05) is 0 Å². The first kappa shape index (κ1) is 14.1. The predicted molar refractivity (Wildman–Crippen MR) is 60.8 cm³/mol. The summed E-state index contributed by atoms with van der Waals surface area (Å²) in [6.07, 6.45) is -2.71. The molecule has 0 aromatic rings. The van der Waals surface area contributed by atoms with Crippen molar-refractivity contribution in [3.05, 3.63) is 0 Å². The Labute approximate surface area is 106 Å². The van der Waals surface area contributed by atoms with E-state index in [0.29, 0.717) is 0 Å². The number of methoxy groups -OCH3 is 2. The van der Waals surface area contributed by atoms with Crippen LogP contribution in [0.15, 0.2) is 0 Å². The SMILES string of the molecule is COC1C(NC2OC2C)[C@H](OC)OC(CO)[C@H]1O. The molecular formula is C11H21NO6. The highest BCUT2D eigenvalue weighted by Gasteiger charge is 2.49. The third kappa shape index (κ3) is 2.67. The summed E-state index contributed by atoms with van der Waals surface area (Å²) in [5, 5.41) is 22.4. The van der Waals surface area contributed by atoms with Crippen molar-refractivity contribution in [2.24, 2.45) is 0 Å². The highest BCUT2D eigenvalue weighted by molar-refractivity contribution is 4.97. The molecule has 0 spiro atoms. The molecule has 2 fully saturated rings. The van der Waals surface area contributed by atoms with Gasteiger partial charge < -0.3 is 29.2 Å². The minimum atomic E-state index is -0.919. The molecule has 2 aliphatic rings. The molecule has 0 aromatic carbocycles. The van der Waals surface area contributed by atoms with Crippen LogP contribution in [0.3, 0.4) is 0 Å². The summed E-state index contributed by atoms with van der Waals surface area (Å²) in [5.41, 5.74) is 0. The number of nitrogens with one attached hydrogen (secondary N) is 1. The van der Waals surface area contributed by atoms with Gasteiger partial charge >= 0.3 is 0 Å². The maximum atomic E-state index is 10.1. The van der Waals surface area contributed by atoms with Crippen molar-refractivity contribution in [2.75, 3.05) is 20.8 Å². The van der Waals surface area contributed by atoms with Crippen LogP contribution < -0.4 is 5.32 Å². The highest BCUT2D eigenvalue weighted by atomic mass is 16.7. The van der Waals surface area contributed by atoms with Crippen LogP contribution in [0.25, 0.3) is 0 Å². The van der Waals surface area contributed by atoms with E-state index in [-0.39, 0.29) is 25.0 Å². The molecule has 0 saturated carbocycles. The number of aliphatic hydroxyl groups is 2. The van der Waals surface area contributed by atoms with Gasteiger partial charge in [0.1, 0.15) is 24.5 Å². The van der Waals surface area contributed by atoms with Crippen LogP contribution in [0, 0.1) is 0 Å². The van der Waals surface area contributed by atoms with Crippen molar-refractivity contribution in [2.45, 2.75) is 49.9 Å². The number of hydrogen-bond donors (Lipinski definition) is 3. The fourth-order valence-electron chi connectivity index (χ4n) is 2.28. The second-order valence-corrected chi connectivity index (χ2v) is 4.61. The quantitative estimate of drug-likeness (QED) is 0.516. The molecule has 2 saturated heterocycles. The third-order valence-electron chi connectivity index (χ3n) is 3.43. The van der Waals surface area contributed by atoms with Gasteiger partial charge in [-0.3, -0.25) is 5.32 Å². The normalized spacial score (nSPS) is 48.2. The Kier molecular flexibility index (Phi) is 4.54. The maximum absolute atomic E-state index is 10.1. The molecule has 106 valence electrons. The summed E-state index contributed by atoms with van der Waals surface area (Å²) in [4.78, 5) is 0. The monoisotopic (exact) mass is 263 g/mol. The van der Waals surface area contributed by atoms with Gasteiger partial charge in [-0.05, 0) is 6.92 Å². The van der Waals surface area contributed by atoms with E-state index in [1.807, 2.05) is 6.92 Å². The lowest BCUT2D eigenvalue weighted by Crippen LogP contribution is -2.64. The van der Waals surface area contributed by atoms with E-state index >= 15 is 0 Å². The van der Waals surface area contributed by atoms with Gasteiger partial charge in [0, 0.05) is 14.2 Å². The molecule has 0 aromatic heterocycles. The Morgan fingerprint density at radius 1 is 1.22 bits per heavy atom. The Morgan fingerprint density at radius 2 is 1.89 bits per heavy atom. The second kappa shape index (κ2) is 5.79. The molecule has 2 heterocycles. The molecule has 0 radical (unpaired) electrons. The number of epoxide rings is 1. The zero-order valence-electron chi connectivity index (χ0n) is 10.8. The third-order valence-corrected chi connectivity index (χ3v) is 3.43. The average Bonchev–Trinajstić information content (AvgIpc) is 3.06. The Hall–Kier alpha value is -0.280. The number of aliphatic hydroxyl groups excluding tert-OH is 2. The van der Waals surface area contributed by atoms with Crippen LogP contribution in [-0.4, -0.2) is 74.0 Å². The molecule has 18 heavy (non-hydrogen) atoms. The first-order chi connectivity index (χ1) is 8.62. The van der Waals surface area contributed by atoms with E-state index in [9.17, 15) is 5.11 Å². The molecule has 5 unspecified atom stereocenters. The number of hydrogen-bond acceptors (Lipinski definition) is 7. The van der Waals surface area contributed by atoms with Gasteiger partial charge in [0.25, 0.3) is 0 Å². The second-order valence-electron chi connectivity index (χ2n) is 4.61. The van der Waals surface area contributed by atoms with Gasteiger partial charge in [0.2, 0.25) is 0 Å². The van der Waals surface area contributed by atoms with Gasteiger partial charge in [0.15, 0.2) is 6.29 Å². The summed E-state index contributed by atoms with van der Waals surface area (Å²) in [7, 11) is 3.02. The maximum Gasteiger partial charge on any atom is 0.175 e. The fraction of sp³-hybridized carbons (Fsp3) is 1.00. The minimum Gasteiger partial charge on any atom is -0.394 e. The summed E-state index contributed by atoms with van der Waals surface area (Å²) in [6.45, 7) is 1.65. The molecule has 2 aliphatic heterocycles. The Morgan fingerprint density at radius 3 is 2.33 bits per heavy atom. The van der Waals surface area contributed by atoms with Crippen LogP contribution in [0.4, 0.5) is 0 Å². The van der Waals surface area contributed by atoms with Crippen molar-refractivity contribution in [3.63, 3.8) is 0 Å². The van der Waals surface area contributed by atoms with Crippen molar-refractivity contribution in [1.29, 1.82) is 0 Å². The molecule has 7 atom stereocenters. The zero-order chi connectivity index (χ0) is 13.3. The zero-order valence-corrected chi connectivity index (χ0v) is 10.8. The van der Waals surface area contributed by atoms with Gasteiger partial charge in [-0.15, -0.1) is 0 Å². The molecule has 7 nitrogen and oxygen atoms in total. The van der Waals surface area contributed by atoms with E-state index in [1.54, 1.807) is 0 Å². The lowest BCUT2D eigenvalue weighted by atomic mass is 9.96. The number of ether oxygens (including phenoxy) is 4. The summed E-state index contributed by atoms with van der Waals surface area (Å²) >= 11 is 0. The standard InChI is InChI=1S/C11H21NO6/c1-5-10(17-5)12-7-9(15-2)8(14)6(4-13)18-11(7)16-3/h5-14H,4H2,1-3H3/t5?,6?,7?,8-,9?,10?,11-/m1/s1. The molecule has 7 heteroatoms. The summed E-state index contributed by atoms with van der Waals surface area (Å²) in [5.74, 6) is 0. The van der Waals surface area contributed by atoms with E-state index in [1.165, 1.54) is 14.2 Å². The molecule has 3 N–H and O–H groups in total. The molecular weight excluding hydrogens is 242 g/mol. The van der Waals surface area contributed by atoms with Crippen LogP contribution >= 0.6 is 0 Å². The van der Waals surface area contributed by atoms with E-state index in [2.05, 4.69) is 5.32 Å². The molecule has 2 rings (SSSR count). The smallest absolute Gasteiger partial charge is 0.175 e. The first-order valence-corrected chi connectivity index (χ1v) is 6.03. The van der Waals surface area contributed by atoms with Gasteiger partial charge in [-0.25, -0.2) is 0 Å². The largest absolute Gasteiger partial charge is 0.394 e. The van der Waals surface area contributed by atoms with Crippen LogP contribution in [0.2, 0.25) is 0 Å². The fourth-order valence-corrected chi connectivity index (χ4v) is 2.28. The molecule has 0 aliphatic carbocycles. The predicted octanol–water partition coefficient (Wildman–Crippen LogP) is -1.57. The van der Waals surface area contributed by atoms with Crippen molar-refractivity contribution >= 4 is 0 Å². The van der Waals surface area contributed by atoms with Crippen molar-refractivity contribution in [3.8, 4) is 0 Å². The lowest BCUT2D eigenvalue weighted by Gasteiger charge is -2.43. The van der Waals surface area contributed by atoms with Gasteiger partial charge in [-0.2, -0.15) is 0 Å². The van der Waals surface area contributed by atoms with E-state index in [0.717, 1.165) is 0 Å². The van der Waals surface area contributed by atoms with Crippen LogP contribution in [-0.2, 0) is 18.9 Å². The Balaban J connectivity index is 2.07. The lowest BCUT2D eigenvalue weighted by molar-refractivity contribution is -0.268. The average molecular weight is 263 g/mol. The highest BCUT2D eigenvalue weighted by Crippen LogP contribution is 2.27. The van der Waals surface area contributed by atoms with E-state index in [4.69, 9.17) is 24.1 Å². The minimum absolute atomic E-state index is 0.0771.